The third-order valence-electron chi connectivity index (χ3n) is 28.3. The number of anilines is 9. The SMILES string of the molecule is c1ccc(-c2ccc3c(c2)cc(N(c2cccc4c2oc2ccccc24)c2cccc4c2oc2ccccc24)c2ccccc23)cc1.c1ccc2c(-c3ccc4cc(N(c5cccc6c5oc5ccccc56)c5cccc6c5oc5ccccc56)ccc4c3)cccc2c1.c1ccc2cc(-c3ccc4cc(N(c5ccc6oc7ccccc7c6c5)c5cccc6oc7ccccc7c56)ccc4c3)ccc2c1. The lowest BCUT2D eigenvalue weighted by Crippen LogP contribution is -2.11. The van der Waals surface area contributed by atoms with Crippen LogP contribution < -0.4 is 14.7 Å². The standard InChI is InChI=1S/3C44H27NO2/c1-2-12-33-28(10-1)11-7-15-34(33)31-23-22-30-27-32(25-24-29(30)26-31)45(39-18-8-16-37-35-13-3-5-20-41(35)46-43(37)39)40-19-9-17-38-36-14-4-6-21-42(36)47-44(38)40;1-2-9-29-24-30(17-16-28(29)8-1)31-18-19-33-26-34(21-20-32(33)25-31)45(35-22-23-42-38(27-35)36-10-3-5-13-40(36)46-42)39-12-7-15-43-44(39)37-11-4-6-14-41(37)47-43;1-2-12-28(13-3-1)29-24-25-31-30(26-29)27-40(33-15-5-4-14-32(31)33)45(38-20-10-18-36-34-16-6-8-22-41(34)46-43(36)38)39-21-11-19-37-35-17-7-9-23-42(35)47-44(37)39/h3*1-27H. The predicted octanol–water partition coefficient (Wildman–Crippen LogP) is 38.8. The number of benzene rings is 24. The molecule has 0 aliphatic heterocycles. The van der Waals surface area contributed by atoms with Gasteiger partial charge in [-0.05, 0) is 238 Å². The lowest BCUT2D eigenvalue weighted by molar-refractivity contribution is 0.665. The average Bonchev–Trinajstić information content (AvgIpc) is 1.70. The number of hydrogen-bond acceptors (Lipinski definition) is 9. The van der Waals surface area contributed by atoms with Crippen LogP contribution in [0.25, 0.3) is 230 Å². The van der Waals surface area contributed by atoms with Crippen molar-refractivity contribution in [1.29, 1.82) is 0 Å². The molecule has 6 heterocycles. The van der Waals surface area contributed by atoms with E-state index in [9.17, 15) is 0 Å². The maximum atomic E-state index is 6.68. The number of para-hydroxylation sites is 10. The average molecular weight is 1810 g/mol. The molecule has 24 aromatic carbocycles. The van der Waals surface area contributed by atoms with E-state index in [1.807, 2.05) is 72.8 Å². The van der Waals surface area contributed by atoms with Crippen LogP contribution in [0.5, 0.6) is 0 Å². The molecule has 0 amide bonds. The Morgan fingerprint density at radius 1 is 0.128 bits per heavy atom. The normalized spacial score (nSPS) is 11.8. The van der Waals surface area contributed by atoms with Crippen molar-refractivity contribution in [3.63, 3.8) is 0 Å². The molecule has 660 valence electrons. The molecule has 141 heavy (non-hydrogen) atoms. The smallest absolute Gasteiger partial charge is 0.159 e. The van der Waals surface area contributed by atoms with Gasteiger partial charge in [0, 0.05) is 81.7 Å². The molecule has 0 N–H and O–H groups in total. The van der Waals surface area contributed by atoms with Crippen LogP contribution in [0.1, 0.15) is 0 Å². The van der Waals surface area contributed by atoms with Crippen molar-refractivity contribution in [2.75, 3.05) is 14.7 Å². The molecule has 9 heteroatoms. The lowest BCUT2D eigenvalue weighted by atomic mass is 9.95. The second-order valence-corrected chi connectivity index (χ2v) is 36.4. The van der Waals surface area contributed by atoms with Crippen LogP contribution in [0.4, 0.5) is 51.2 Å². The molecule has 9 nitrogen and oxygen atoms in total. The van der Waals surface area contributed by atoms with Crippen molar-refractivity contribution in [1.82, 2.24) is 0 Å². The maximum Gasteiger partial charge on any atom is 0.159 e. The van der Waals surface area contributed by atoms with Gasteiger partial charge in [-0.2, -0.15) is 0 Å². The first kappa shape index (κ1) is 80.5. The number of nitrogens with zero attached hydrogens (tertiary/aromatic N) is 3. The molecule has 0 atom stereocenters. The molecule has 0 radical (unpaired) electrons. The van der Waals surface area contributed by atoms with E-state index in [-0.39, 0.29) is 0 Å². The summed E-state index contributed by atoms with van der Waals surface area (Å²) in [6.45, 7) is 0. The molecular weight excluding hydrogens is 1720 g/mol. The lowest BCUT2D eigenvalue weighted by Gasteiger charge is -2.27. The summed E-state index contributed by atoms with van der Waals surface area (Å²) >= 11 is 0. The summed E-state index contributed by atoms with van der Waals surface area (Å²) in [4.78, 5) is 6.97. The number of fused-ring (bicyclic) bond motifs is 25. The minimum atomic E-state index is 0.837. The number of hydrogen-bond donors (Lipinski definition) is 0. The van der Waals surface area contributed by atoms with E-state index in [2.05, 4.69) is 433 Å². The highest BCUT2D eigenvalue weighted by Crippen LogP contribution is 2.53. The monoisotopic (exact) mass is 1800 g/mol. The second-order valence-electron chi connectivity index (χ2n) is 36.4. The van der Waals surface area contributed by atoms with Gasteiger partial charge < -0.3 is 41.2 Å². The summed E-state index contributed by atoms with van der Waals surface area (Å²) in [7, 11) is 0. The quantitative estimate of drug-likeness (QED) is 0.111. The Morgan fingerprint density at radius 2 is 0.461 bits per heavy atom. The van der Waals surface area contributed by atoms with Crippen LogP contribution in [0.15, 0.2) is 518 Å². The molecule has 30 aromatic rings. The van der Waals surface area contributed by atoms with Gasteiger partial charge in [-0.1, -0.05) is 346 Å². The topological polar surface area (TPSA) is 88.6 Å². The summed E-state index contributed by atoms with van der Waals surface area (Å²) in [6, 6.07) is 174. The van der Waals surface area contributed by atoms with E-state index in [4.69, 9.17) is 26.5 Å². The molecule has 0 saturated carbocycles. The van der Waals surface area contributed by atoms with E-state index in [1.54, 1.807) is 0 Å². The Labute approximate surface area is 807 Å². The molecular formula is C132H81N3O6. The van der Waals surface area contributed by atoms with E-state index < -0.39 is 0 Å². The predicted molar refractivity (Wildman–Crippen MR) is 588 cm³/mol. The van der Waals surface area contributed by atoms with Crippen LogP contribution in [-0.4, -0.2) is 0 Å². The van der Waals surface area contributed by atoms with Crippen molar-refractivity contribution < 1.29 is 26.5 Å². The summed E-state index contributed by atoms with van der Waals surface area (Å²) < 4.78 is 39.1. The molecule has 0 aliphatic rings. The minimum Gasteiger partial charge on any atom is -0.456 e. The number of rotatable bonds is 12. The van der Waals surface area contributed by atoms with Crippen molar-refractivity contribution in [2.45, 2.75) is 0 Å². The highest BCUT2D eigenvalue weighted by atomic mass is 16.4. The van der Waals surface area contributed by atoms with Crippen molar-refractivity contribution in [2.24, 2.45) is 0 Å². The van der Waals surface area contributed by atoms with Crippen molar-refractivity contribution in [3.8, 4) is 33.4 Å². The fourth-order valence-corrected chi connectivity index (χ4v) is 21.7. The molecule has 0 fully saturated rings. The minimum absolute atomic E-state index is 0.837. The molecule has 30 rings (SSSR count). The van der Waals surface area contributed by atoms with Gasteiger partial charge in [-0.15, -0.1) is 0 Å². The third kappa shape index (κ3) is 13.6. The van der Waals surface area contributed by atoms with Gasteiger partial charge in [0.25, 0.3) is 0 Å². The summed E-state index contributed by atoms with van der Waals surface area (Å²) in [5.74, 6) is 0. The van der Waals surface area contributed by atoms with Crippen molar-refractivity contribution in [3.05, 3.63) is 491 Å². The second kappa shape index (κ2) is 33.0. The van der Waals surface area contributed by atoms with Crippen LogP contribution in [0.3, 0.4) is 0 Å². The summed E-state index contributed by atoms with van der Waals surface area (Å²) in [6.07, 6.45) is 0. The fourth-order valence-electron chi connectivity index (χ4n) is 21.7. The van der Waals surface area contributed by atoms with Gasteiger partial charge in [-0.3, -0.25) is 0 Å². The Kier molecular flexibility index (Phi) is 18.8. The Balaban J connectivity index is 0.000000104. The van der Waals surface area contributed by atoms with Crippen LogP contribution in [0, 0.1) is 0 Å². The Morgan fingerprint density at radius 3 is 1.03 bits per heavy atom. The van der Waals surface area contributed by atoms with Crippen molar-refractivity contribution >= 4 is 247 Å². The maximum absolute atomic E-state index is 6.68. The largest absolute Gasteiger partial charge is 0.456 e. The molecule has 0 saturated heterocycles. The van der Waals surface area contributed by atoms with Gasteiger partial charge in [0.05, 0.1) is 39.5 Å². The first-order chi connectivity index (χ1) is 69.9. The van der Waals surface area contributed by atoms with E-state index in [1.165, 1.54) is 87.2 Å². The third-order valence-corrected chi connectivity index (χ3v) is 28.3. The van der Waals surface area contributed by atoms with Crippen LogP contribution in [0.2, 0.25) is 0 Å². The molecule has 6 aromatic heterocycles. The number of furan rings is 6. The zero-order chi connectivity index (χ0) is 92.7. The molecule has 0 bridgehead atoms. The first-order valence-electron chi connectivity index (χ1n) is 47.8. The Hall–Kier alpha value is -19.0. The van der Waals surface area contributed by atoms with E-state index >= 15 is 0 Å². The summed E-state index contributed by atoms with van der Waals surface area (Å²) in [5.41, 5.74) is 26.7. The Bertz CT molecular complexity index is 10100. The molecule has 0 unspecified atom stereocenters. The van der Waals surface area contributed by atoms with Gasteiger partial charge in [0.1, 0.15) is 44.7 Å². The van der Waals surface area contributed by atoms with Gasteiger partial charge in [-0.25, -0.2) is 0 Å². The highest BCUT2D eigenvalue weighted by Gasteiger charge is 2.29. The molecule has 0 spiro atoms. The zero-order valence-corrected chi connectivity index (χ0v) is 76.1. The van der Waals surface area contributed by atoms with Gasteiger partial charge >= 0.3 is 0 Å². The van der Waals surface area contributed by atoms with Crippen LogP contribution in [-0.2, 0) is 0 Å². The van der Waals surface area contributed by atoms with Crippen LogP contribution >= 0.6 is 0 Å². The highest BCUT2D eigenvalue weighted by molar-refractivity contribution is 6.22. The van der Waals surface area contributed by atoms with Gasteiger partial charge in [0.15, 0.2) is 22.3 Å². The molecule has 0 aliphatic carbocycles. The van der Waals surface area contributed by atoms with E-state index in [0.29, 0.717) is 0 Å². The summed E-state index contributed by atoms with van der Waals surface area (Å²) in [5, 5.41) is 27.6. The van der Waals surface area contributed by atoms with Gasteiger partial charge in [0.2, 0.25) is 0 Å². The zero-order valence-electron chi connectivity index (χ0n) is 76.1. The first-order valence-corrected chi connectivity index (χ1v) is 47.8. The fraction of sp³-hybridized carbons (Fsp3) is 0. The van der Waals surface area contributed by atoms with E-state index in [0.717, 1.165) is 194 Å².